The summed E-state index contributed by atoms with van der Waals surface area (Å²) in [5.41, 5.74) is 6.52. The van der Waals surface area contributed by atoms with Gasteiger partial charge in [0.2, 0.25) is 0 Å². The van der Waals surface area contributed by atoms with Crippen molar-refractivity contribution in [1.29, 1.82) is 0 Å². The molecule has 0 saturated carbocycles. The second kappa shape index (κ2) is 4.75. The summed E-state index contributed by atoms with van der Waals surface area (Å²) in [6.45, 7) is 0. The zero-order valence-electron chi connectivity index (χ0n) is 8.61. The number of carbonyl (C=O) groups excluding carboxylic acids is 1. The fourth-order valence-corrected chi connectivity index (χ4v) is 1.42. The first kappa shape index (κ1) is 11.3. The van der Waals surface area contributed by atoms with Crippen molar-refractivity contribution in [2.75, 3.05) is 16.4 Å². The molecule has 0 unspecified atom stereocenters. The lowest BCUT2D eigenvalue weighted by Crippen LogP contribution is -2.19. The van der Waals surface area contributed by atoms with Gasteiger partial charge in [-0.3, -0.25) is 5.32 Å². The number of nitrogens with zero attached hydrogens (tertiary/aromatic N) is 1. The molecule has 0 aliphatic rings. The van der Waals surface area contributed by atoms with Crippen LogP contribution in [-0.2, 0) is 0 Å². The second-order valence-corrected chi connectivity index (χ2v) is 3.61. The smallest absolute Gasteiger partial charge is 0.324 e. The maximum Gasteiger partial charge on any atom is 0.324 e. The van der Waals surface area contributed by atoms with Crippen LogP contribution in [0.4, 0.5) is 22.0 Å². The van der Waals surface area contributed by atoms with Crippen molar-refractivity contribution in [3.05, 3.63) is 35.6 Å². The van der Waals surface area contributed by atoms with Gasteiger partial charge in [0.15, 0.2) is 5.82 Å². The van der Waals surface area contributed by atoms with Gasteiger partial charge in [-0.1, -0.05) is 16.8 Å². The predicted molar refractivity (Wildman–Crippen MR) is 65.0 cm³/mol. The molecular weight excluding hydrogens is 244 g/mol. The molecule has 2 amide bonds. The number of carbonyl (C=O) groups is 1. The molecule has 88 valence electrons. The van der Waals surface area contributed by atoms with Crippen LogP contribution >= 0.6 is 11.6 Å². The third-order valence-corrected chi connectivity index (χ3v) is 2.23. The highest BCUT2D eigenvalue weighted by atomic mass is 35.5. The van der Waals surface area contributed by atoms with E-state index in [2.05, 4.69) is 20.3 Å². The Morgan fingerprint density at radius 3 is 2.82 bits per heavy atom. The number of nitrogens with one attached hydrogen (secondary N) is 2. The maximum atomic E-state index is 11.5. The van der Waals surface area contributed by atoms with E-state index in [-0.39, 0.29) is 0 Å². The molecule has 6 nitrogen and oxygen atoms in total. The fourth-order valence-electron chi connectivity index (χ4n) is 1.18. The lowest BCUT2D eigenvalue weighted by Gasteiger charge is -2.07. The molecule has 1 heterocycles. The first-order valence-electron chi connectivity index (χ1n) is 4.68. The number of anilines is 3. The highest BCUT2D eigenvalue weighted by molar-refractivity contribution is 6.34. The van der Waals surface area contributed by atoms with Gasteiger partial charge in [0.1, 0.15) is 6.26 Å². The molecule has 0 aliphatic carbocycles. The van der Waals surface area contributed by atoms with Gasteiger partial charge < -0.3 is 15.6 Å². The molecule has 2 aromatic rings. The van der Waals surface area contributed by atoms with Crippen LogP contribution in [0.1, 0.15) is 0 Å². The van der Waals surface area contributed by atoms with Crippen LogP contribution in [0.3, 0.4) is 0 Å². The van der Waals surface area contributed by atoms with Crippen molar-refractivity contribution in [2.45, 2.75) is 0 Å². The third-order valence-electron chi connectivity index (χ3n) is 1.92. The first-order valence-corrected chi connectivity index (χ1v) is 5.06. The Bertz CT molecular complexity index is 527. The largest absolute Gasteiger partial charge is 0.399 e. The van der Waals surface area contributed by atoms with E-state index >= 15 is 0 Å². The van der Waals surface area contributed by atoms with Crippen molar-refractivity contribution in [3.8, 4) is 0 Å². The number of urea groups is 1. The summed E-state index contributed by atoms with van der Waals surface area (Å²) in [5, 5.41) is 8.92. The molecule has 0 radical (unpaired) electrons. The van der Waals surface area contributed by atoms with Crippen LogP contribution in [0.15, 0.2) is 35.1 Å². The number of amides is 2. The molecular formula is C10H9ClN4O2. The number of halogens is 1. The number of hydrogen-bond donors (Lipinski definition) is 3. The van der Waals surface area contributed by atoms with Crippen LogP contribution in [0.5, 0.6) is 0 Å². The van der Waals surface area contributed by atoms with Gasteiger partial charge in [0.25, 0.3) is 0 Å². The second-order valence-electron chi connectivity index (χ2n) is 3.20. The van der Waals surface area contributed by atoms with Gasteiger partial charge in [-0.25, -0.2) is 4.79 Å². The first-order chi connectivity index (χ1) is 8.15. The highest BCUT2D eigenvalue weighted by Crippen LogP contribution is 2.24. The molecule has 0 fully saturated rings. The van der Waals surface area contributed by atoms with E-state index < -0.39 is 6.03 Å². The Morgan fingerprint density at radius 2 is 2.18 bits per heavy atom. The van der Waals surface area contributed by atoms with Crippen molar-refractivity contribution in [2.24, 2.45) is 0 Å². The Hall–Kier alpha value is -2.21. The molecule has 2 rings (SSSR count). The van der Waals surface area contributed by atoms with Crippen LogP contribution in [0.25, 0.3) is 0 Å². The van der Waals surface area contributed by atoms with Crippen molar-refractivity contribution in [1.82, 2.24) is 5.16 Å². The van der Waals surface area contributed by atoms with Crippen molar-refractivity contribution >= 4 is 34.8 Å². The molecule has 7 heteroatoms. The van der Waals surface area contributed by atoms with E-state index in [1.165, 1.54) is 12.3 Å². The van der Waals surface area contributed by atoms with Gasteiger partial charge in [-0.05, 0) is 18.2 Å². The zero-order valence-corrected chi connectivity index (χ0v) is 9.36. The lowest BCUT2D eigenvalue weighted by molar-refractivity contribution is 0.262. The molecule has 0 bridgehead atoms. The van der Waals surface area contributed by atoms with E-state index in [0.717, 1.165) is 0 Å². The number of nitrogen functional groups attached to an aromatic ring is 1. The topological polar surface area (TPSA) is 93.2 Å². The van der Waals surface area contributed by atoms with Crippen molar-refractivity contribution in [3.63, 3.8) is 0 Å². The van der Waals surface area contributed by atoms with Gasteiger partial charge >= 0.3 is 6.03 Å². The quantitative estimate of drug-likeness (QED) is 0.716. The summed E-state index contributed by atoms with van der Waals surface area (Å²) >= 11 is 5.90. The van der Waals surface area contributed by atoms with Gasteiger partial charge in [-0.2, -0.15) is 0 Å². The van der Waals surface area contributed by atoms with Crippen LogP contribution in [0, 0.1) is 0 Å². The minimum atomic E-state index is -0.467. The number of rotatable bonds is 2. The molecule has 0 saturated heterocycles. The fraction of sp³-hybridized carbons (Fsp3) is 0. The van der Waals surface area contributed by atoms with Crippen LogP contribution in [-0.4, -0.2) is 11.2 Å². The normalized spacial score (nSPS) is 9.94. The van der Waals surface area contributed by atoms with Crippen LogP contribution < -0.4 is 16.4 Å². The van der Waals surface area contributed by atoms with Gasteiger partial charge in [0, 0.05) is 11.8 Å². The minimum Gasteiger partial charge on any atom is -0.399 e. The lowest BCUT2D eigenvalue weighted by atomic mass is 10.3. The third kappa shape index (κ3) is 2.88. The summed E-state index contributed by atoms with van der Waals surface area (Å²) in [5.74, 6) is 0.314. The number of hydrogen-bond acceptors (Lipinski definition) is 4. The van der Waals surface area contributed by atoms with E-state index in [1.807, 2.05) is 0 Å². The Labute approximate surface area is 102 Å². The molecule has 17 heavy (non-hydrogen) atoms. The maximum absolute atomic E-state index is 11.5. The van der Waals surface area contributed by atoms with E-state index in [4.69, 9.17) is 17.3 Å². The Balaban J connectivity index is 2.03. The minimum absolute atomic E-state index is 0.314. The summed E-state index contributed by atoms with van der Waals surface area (Å²) < 4.78 is 4.57. The average molecular weight is 253 g/mol. The molecule has 1 aromatic carbocycles. The summed E-state index contributed by atoms with van der Waals surface area (Å²) in [7, 11) is 0. The average Bonchev–Trinajstić information content (AvgIpc) is 2.75. The molecule has 0 spiro atoms. The Kier molecular flexibility index (Phi) is 3.15. The van der Waals surface area contributed by atoms with Gasteiger partial charge in [-0.15, -0.1) is 0 Å². The van der Waals surface area contributed by atoms with Gasteiger partial charge in [0.05, 0.1) is 10.7 Å². The molecule has 0 atom stereocenters. The van der Waals surface area contributed by atoms with E-state index in [1.54, 1.807) is 18.2 Å². The van der Waals surface area contributed by atoms with Crippen molar-refractivity contribution < 1.29 is 9.32 Å². The molecule has 4 N–H and O–H groups in total. The zero-order chi connectivity index (χ0) is 12.3. The van der Waals surface area contributed by atoms with Crippen LogP contribution in [0.2, 0.25) is 5.02 Å². The predicted octanol–water partition coefficient (Wildman–Crippen LogP) is 2.55. The summed E-state index contributed by atoms with van der Waals surface area (Å²) in [6.07, 6.45) is 1.35. The standard InChI is InChI=1S/C10H9ClN4O2/c11-7-5-6(12)1-2-8(7)13-10(16)14-9-3-4-17-15-9/h1-5H,12H2,(H2,13,14,15,16). The number of nitrogens with two attached hydrogens (primary N) is 1. The number of aromatic nitrogens is 1. The Morgan fingerprint density at radius 1 is 1.35 bits per heavy atom. The summed E-state index contributed by atoms with van der Waals surface area (Å²) in [4.78, 5) is 11.5. The monoisotopic (exact) mass is 252 g/mol. The summed E-state index contributed by atoms with van der Waals surface area (Å²) in [6, 6.07) is 5.85. The SMILES string of the molecule is Nc1ccc(NC(=O)Nc2ccon2)c(Cl)c1. The highest BCUT2D eigenvalue weighted by Gasteiger charge is 2.07. The van der Waals surface area contributed by atoms with E-state index in [9.17, 15) is 4.79 Å². The molecule has 1 aromatic heterocycles. The molecule has 0 aliphatic heterocycles. The number of benzene rings is 1. The van der Waals surface area contributed by atoms with E-state index in [0.29, 0.717) is 22.2 Å².